The van der Waals surface area contributed by atoms with E-state index in [0.29, 0.717) is 0 Å². The molecule has 0 aliphatic heterocycles. The van der Waals surface area contributed by atoms with E-state index in [-0.39, 0.29) is 0 Å². The van der Waals surface area contributed by atoms with Gasteiger partial charge in [-0.05, 0) is 7.05 Å². The predicted molar refractivity (Wildman–Crippen MR) is 28.7 cm³/mol. The molecule has 0 atom stereocenters. The van der Waals surface area contributed by atoms with Gasteiger partial charge in [0.2, 0.25) is 0 Å². The number of rotatable bonds is 2. The third kappa shape index (κ3) is 5.19. The molecule has 1 N–H and O–H groups in total. The quantitative estimate of drug-likeness (QED) is 0.501. The van der Waals surface area contributed by atoms with Crippen molar-refractivity contribution in [1.82, 2.24) is 5.32 Å². The van der Waals surface area contributed by atoms with Crippen LogP contribution in [0.5, 0.6) is 0 Å². The lowest BCUT2D eigenvalue weighted by Gasteiger charge is -1.81. The molecule has 2 heteroatoms. The first kappa shape index (κ1) is 6.19. The van der Waals surface area contributed by atoms with Gasteiger partial charge in [-0.3, -0.25) is 0 Å². The van der Waals surface area contributed by atoms with Crippen LogP contribution < -0.4 is 5.32 Å². The first-order valence-corrected chi connectivity index (χ1v) is 2.11. The molecule has 0 bridgehead atoms. The van der Waals surface area contributed by atoms with Gasteiger partial charge < -0.3 is 5.32 Å². The van der Waals surface area contributed by atoms with Gasteiger partial charge in [-0.25, -0.2) is 0 Å². The lowest BCUT2D eigenvalue weighted by molar-refractivity contribution is 0.920. The molecular formula is C5H8N2. The average molecular weight is 96.1 g/mol. The first-order valence-electron chi connectivity index (χ1n) is 2.11. The normalized spacial score (nSPS) is 9.14. The summed E-state index contributed by atoms with van der Waals surface area (Å²) >= 11 is 0. The van der Waals surface area contributed by atoms with E-state index >= 15 is 0 Å². The molecule has 7 heavy (non-hydrogen) atoms. The maximum atomic E-state index is 7.93. The Kier molecular flexibility index (Phi) is 4.59. The minimum atomic E-state index is 0.771. The van der Waals surface area contributed by atoms with Crippen LogP contribution in [0, 0.1) is 11.3 Å². The van der Waals surface area contributed by atoms with E-state index in [1.807, 2.05) is 13.1 Å². The lowest BCUT2D eigenvalue weighted by atomic mass is 10.5. The Morgan fingerprint density at radius 3 is 3.00 bits per heavy atom. The molecular weight excluding hydrogens is 88.1 g/mol. The predicted octanol–water partition coefficient (Wildman–Crippen LogP) is 0.286. The van der Waals surface area contributed by atoms with Gasteiger partial charge in [0.15, 0.2) is 0 Å². The maximum absolute atomic E-state index is 7.93. The van der Waals surface area contributed by atoms with Crippen LogP contribution in [0.25, 0.3) is 0 Å². The second-order valence-corrected chi connectivity index (χ2v) is 1.09. The number of allylic oxidation sites excluding steroid dienone is 1. The van der Waals surface area contributed by atoms with Crippen molar-refractivity contribution in [3.05, 3.63) is 12.2 Å². The zero-order valence-electron chi connectivity index (χ0n) is 4.31. The molecule has 0 amide bonds. The molecule has 0 aromatic heterocycles. The zero-order valence-corrected chi connectivity index (χ0v) is 4.31. The van der Waals surface area contributed by atoms with E-state index in [1.54, 1.807) is 6.08 Å². The lowest BCUT2D eigenvalue weighted by Crippen LogP contribution is -2.03. The van der Waals surface area contributed by atoms with Crippen LogP contribution in [-0.2, 0) is 0 Å². The summed E-state index contributed by atoms with van der Waals surface area (Å²) in [5, 5.41) is 10.8. The topological polar surface area (TPSA) is 35.8 Å². The Morgan fingerprint density at radius 1 is 1.86 bits per heavy atom. The Balaban J connectivity index is 2.97. The summed E-state index contributed by atoms with van der Waals surface area (Å²) in [6.45, 7) is 0.771. The third-order valence-electron chi connectivity index (χ3n) is 0.514. The number of nitriles is 1. The molecule has 0 radical (unpaired) electrons. The highest BCUT2D eigenvalue weighted by Crippen LogP contribution is 1.62. The fraction of sp³-hybridized carbons (Fsp3) is 0.400. The van der Waals surface area contributed by atoms with Crippen molar-refractivity contribution in [1.29, 1.82) is 5.26 Å². The average Bonchev–Trinajstić information content (AvgIpc) is 1.69. The second kappa shape index (κ2) is 5.19. The molecule has 0 saturated heterocycles. The summed E-state index contributed by atoms with van der Waals surface area (Å²) in [6.07, 6.45) is 3.22. The van der Waals surface area contributed by atoms with Gasteiger partial charge in [-0.2, -0.15) is 5.26 Å². The molecule has 0 aromatic rings. The van der Waals surface area contributed by atoms with Crippen molar-refractivity contribution in [3.8, 4) is 6.07 Å². The molecule has 0 aliphatic carbocycles. The molecule has 0 rings (SSSR count). The van der Waals surface area contributed by atoms with Crippen LogP contribution in [0.1, 0.15) is 0 Å². The van der Waals surface area contributed by atoms with Gasteiger partial charge in [0, 0.05) is 12.6 Å². The van der Waals surface area contributed by atoms with E-state index in [9.17, 15) is 0 Å². The second-order valence-electron chi connectivity index (χ2n) is 1.09. The first-order chi connectivity index (χ1) is 3.41. The van der Waals surface area contributed by atoms with Crippen molar-refractivity contribution in [3.63, 3.8) is 0 Å². The van der Waals surface area contributed by atoms with Crippen LogP contribution >= 0.6 is 0 Å². The van der Waals surface area contributed by atoms with Crippen molar-refractivity contribution in [2.45, 2.75) is 0 Å². The summed E-state index contributed by atoms with van der Waals surface area (Å²) in [6, 6.07) is 1.88. The molecule has 0 spiro atoms. The molecule has 0 aliphatic rings. The standard InChI is InChI=1S/C5H8N2/c1-7-5-3-2-4-6/h2-3,7H,5H2,1H3. The third-order valence-corrected chi connectivity index (χ3v) is 0.514. The summed E-state index contributed by atoms with van der Waals surface area (Å²) in [7, 11) is 1.84. The van der Waals surface area contributed by atoms with Gasteiger partial charge in [0.05, 0.1) is 6.07 Å². The van der Waals surface area contributed by atoms with Gasteiger partial charge in [0.1, 0.15) is 0 Å². The maximum Gasteiger partial charge on any atom is 0.0909 e. The highest BCUT2D eigenvalue weighted by Gasteiger charge is 1.64. The Labute approximate surface area is 43.5 Å². The molecule has 0 saturated carbocycles. The van der Waals surface area contributed by atoms with Gasteiger partial charge in [0.25, 0.3) is 0 Å². The largest absolute Gasteiger partial charge is 0.316 e. The van der Waals surface area contributed by atoms with Crippen LogP contribution in [0.2, 0.25) is 0 Å². The highest BCUT2D eigenvalue weighted by atomic mass is 14.8. The number of nitrogens with zero attached hydrogens (tertiary/aromatic N) is 1. The smallest absolute Gasteiger partial charge is 0.0909 e. The highest BCUT2D eigenvalue weighted by molar-refractivity contribution is 5.01. The molecule has 0 fully saturated rings. The van der Waals surface area contributed by atoms with Crippen molar-refractivity contribution in [2.24, 2.45) is 0 Å². The fourth-order valence-corrected chi connectivity index (χ4v) is 0.229. The van der Waals surface area contributed by atoms with Gasteiger partial charge >= 0.3 is 0 Å². The summed E-state index contributed by atoms with van der Waals surface area (Å²) < 4.78 is 0. The van der Waals surface area contributed by atoms with Crippen LogP contribution in [0.15, 0.2) is 12.2 Å². The zero-order chi connectivity index (χ0) is 5.54. The van der Waals surface area contributed by atoms with Gasteiger partial charge in [-0.15, -0.1) is 0 Å². The molecule has 0 heterocycles. The Hall–Kier alpha value is -0.810. The van der Waals surface area contributed by atoms with E-state index < -0.39 is 0 Å². The minimum Gasteiger partial charge on any atom is -0.316 e. The van der Waals surface area contributed by atoms with E-state index in [0.717, 1.165) is 6.54 Å². The Morgan fingerprint density at radius 2 is 2.57 bits per heavy atom. The van der Waals surface area contributed by atoms with Crippen molar-refractivity contribution in [2.75, 3.05) is 13.6 Å². The molecule has 2 nitrogen and oxygen atoms in total. The van der Waals surface area contributed by atoms with E-state index in [2.05, 4.69) is 5.32 Å². The Bertz CT molecular complexity index is 88.7. The van der Waals surface area contributed by atoms with Crippen LogP contribution in [0.4, 0.5) is 0 Å². The molecule has 38 valence electrons. The molecule has 0 aromatic carbocycles. The van der Waals surface area contributed by atoms with Crippen LogP contribution in [-0.4, -0.2) is 13.6 Å². The van der Waals surface area contributed by atoms with Gasteiger partial charge in [-0.1, -0.05) is 6.08 Å². The molecule has 0 unspecified atom stereocenters. The SMILES string of the molecule is CNCC=CC#N. The van der Waals surface area contributed by atoms with Crippen LogP contribution in [0.3, 0.4) is 0 Å². The fourth-order valence-electron chi connectivity index (χ4n) is 0.229. The summed E-state index contributed by atoms with van der Waals surface area (Å²) in [5.74, 6) is 0. The summed E-state index contributed by atoms with van der Waals surface area (Å²) in [5.41, 5.74) is 0. The number of likely N-dealkylation sites (N-methyl/N-ethyl adjacent to an activating group) is 1. The van der Waals surface area contributed by atoms with E-state index in [4.69, 9.17) is 5.26 Å². The number of nitrogens with one attached hydrogen (secondary N) is 1. The van der Waals surface area contributed by atoms with Crippen molar-refractivity contribution >= 4 is 0 Å². The van der Waals surface area contributed by atoms with E-state index in [1.165, 1.54) is 6.08 Å². The minimum absolute atomic E-state index is 0.771. The summed E-state index contributed by atoms with van der Waals surface area (Å²) in [4.78, 5) is 0. The monoisotopic (exact) mass is 96.1 g/mol. The van der Waals surface area contributed by atoms with Crippen molar-refractivity contribution < 1.29 is 0 Å². The number of hydrogen-bond acceptors (Lipinski definition) is 2. The number of hydrogen-bond donors (Lipinski definition) is 1.